The number of aliphatic carboxylic acids is 1. The summed E-state index contributed by atoms with van der Waals surface area (Å²) >= 11 is 7.58. The summed E-state index contributed by atoms with van der Waals surface area (Å²) in [4.78, 5) is 49.7. The molecule has 0 spiro atoms. The van der Waals surface area contributed by atoms with Gasteiger partial charge >= 0.3 is 11.9 Å². The number of rotatable bonds is 8. The molecule has 4 heterocycles. The van der Waals surface area contributed by atoms with Crippen molar-refractivity contribution in [3.63, 3.8) is 0 Å². The van der Waals surface area contributed by atoms with Crippen LogP contribution in [-0.2, 0) is 19.1 Å². The van der Waals surface area contributed by atoms with Crippen molar-refractivity contribution in [3.05, 3.63) is 62.5 Å². The number of esters is 1. The monoisotopic (exact) mass is 639 g/mol. The van der Waals surface area contributed by atoms with E-state index < -0.39 is 59.5 Å². The Morgan fingerprint density at radius 1 is 1.28 bits per heavy atom. The van der Waals surface area contributed by atoms with Crippen LogP contribution < -0.4 is 5.32 Å². The molecule has 15 heteroatoms. The Morgan fingerprint density at radius 2 is 2.02 bits per heavy atom. The number of nitrogens with zero attached hydrogens (tertiary/aromatic N) is 4. The normalized spacial score (nSPS) is 23.6. The molecule has 3 unspecified atom stereocenters. The number of benzene rings is 1. The summed E-state index contributed by atoms with van der Waals surface area (Å²) in [6.45, 7) is 2.79. The Hall–Kier alpha value is -3.49. The third-order valence-electron chi connectivity index (χ3n) is 7.96. The number of amidine groups is 1. The quantitative estimate of drug-likeness (QED) is 0.331. The Morgan fingerprint density at radius 3 is 2.67 bits per heavy atom. The fourth-order valence-corrected chi connectivity index (χ4v) is 6.50. The average molecular weight is 640 g/mol. The maximum absolute atomic E-state index is 15.4. The number of aliphatic imine (C=N–C) groups is 1. The fourth-order valence-electron chi connectivity index (χ4n) is 5.68. The lowest BCUT2D eigenvalue weighted by Crippen LogP contribution is -2.47. The van der Waals surface area contributed by atoms with E-state index >= 15 is 8.78 Å². The van der Waals surface area contributed by atoms with E-state index in [4.69, 9.17) is 16.3 Å². The van der Waals surface area contributed by atoms with Crippen molar-refractivity contribution in [3.8, 4) is 0 Å². The van der Waals surface area contributed by atoms with Gasteiger partial charge in [-0.2, -0.15) is 0 Å². The van der Waals surface area contributed by atoms with Gasteiger partial charge in [-0.05, 0) is 26.8 Å². The van der Waals surface area contributed by atoms with Gasteiger partial charge in [0.05, 0.1) is 29.7 Å². The van der Waals surface area contributed by atoms with Crippen LogP contribution in [0.3, 0.4) is 0 Å². The molecule has 1 aromatic heterocycles. The van der Waals surface area contributed by atoms with E-state index in [0.29, 0.717) is 5.01 Å². The number of hydrogen-bond donors (Lipinski definition) is 2. The van der Waals surface area contributed by atoms with Crippen LogP contribution in [0.5, 0.6) is 0 Å². The van der Waals surface area contributed by atoms with Crippen molar-refractivity contribution in [2.45, 2.75) is 38.8 Å². The minimum absolute atomic E-state index is 0.00515. The molecule has 3 aliphatic heterocycles. The predicted octanol–water partition coefficient (Wildman–Crippen LogP) is 3.73. The fraction of sp³-hybridized carbons (Fsp3) is 0.464. The van der Waals surface area contributed by atoms with Gasteiger partial charge in [0.1, 0.15) is 17.3 Å². The molecular weight excluding hydrogens is 611 g/mol. The van der Waals surface area contributed by atoms with E-state index in [0.717, 1.165) is 11.0 Å². The number of thiazole rings is 1. The van der Waals surface area contributed by atoms with Crippen LogP contribution >= 0.6 is 22.9 Å². The Balaban J connectivity index is 1.55. The van der Waals surface area contributed by atoms with Gasteiger partial charge in [0.2, 0.25) is 5.91 Å². The molecule has 0 bridgehead atoms. The summed E-state index contributed by atoms with van der Waals surface area (Å²) in [7, 11) is 0. The van der Waals surface area contributed by atoms with Crippen molar-refractivity contribution in [2.75, 3.05) is 32.8 Å². The molecule has 3 aliphatic rings. The number of ether oxygens (including phenoxy) is 1. The molecule has 10 nitrogen and oxygen atoms in total. The van der Waals surface area contributed by atoms with Gasteiger partial charge in [0.15, 0.2) is 10.8 Å². The van der Waals surface area contributed by atoms with Gasteiger partial charge in [-0.25, -0.2) is 22.9 Å². The lowest BCUT2D eigenvalue weighted by Gasteiger charge is -2.32. The van der Waals surface area contributed by atoms with E-state index in [1.54, 1.807) is 18.5 Å². The molecule has 2 N–H and O–H groups in total. The zero-order valence-electron chi connectivity index (χ0n) is 23.4. The van der Waals surface area contributed by atoms with Crippen LogP contribution in [0.25, 0.3) is 0 Å². The lowest BCUT2D eigenvalue weighted by atomic mass is 9.92. The highest BCUT2D eigenvalue weighted by Crippen LogP contribution is 2.44. The number of likely N-dealkylation sites (tertiary alicyclic amines) is 2. The first-order chi connectivity index (χ1) is 20.3. The largest absolute Gasteiger partial charge is 0.480 e. The molecule has 1 aromatic carbocycles. The topological polar surface area (TPSA) is 124 Å². The van der Waals surface area contributed by atoms with E-state index in [-0.39, 0.29) is 53.9 Å². The summed E-state index contributed by atoms with van der Waals surface area (Å²) < 4.78 is 50.7. The van der Waals surface area contributed by atoms with E-state index in [1.807, 2.05) is 0 Å². The summed E-state index contributed by atoms with van der Waals surface area (Å²) in [6, 6.07) is 2.13. The summed E-state index contributed by atoms with van der Waals surface area (Å²) in [5.74, 6) is -7.85. The number of halogens is 4. The maximum atomic E-state index is 15.4. The molecule has 5 rings (SSSR count). The number of fused-ring (bicyclic) bond motifs is 1. The number of carbonyl (C=O) groups excluding carboxylic acids is 2. The molecule has 2 fully saturated rings. The van der Waals surface area contributed by atoms with E-state index in [9.17, 15) is 23.9 Å². The Kier molecular flexibility index (Phi) is 8.31. The SMILES string of the molecule is CCOC(=O)C1=C(CN2CC(F)(F)C3CN(C(=O)C(C)(C)C(=O)O)CC32)NC(c2nccs2)=NC1c1cccc(F)c1Cl. The smallest absolute Gasteiger partial charge is 0.338 e. The van der Waals surface area contributed by atoms with Crippen LogP contribution in [0, 0.1) is 17.2 Å². The number of nitrogens with one attached hydrogen (secondary N) is 1. The van der Waals surface area contributed by atoms with Crippen LogP contribution in [0.4, 0.5) is 13.2 Å². The summed E-state index contributed by atoms with van der Waals surface area (Å²) in [6.07, 6.45) is 1.55. The van der Waals surface area contributed by atoms with E-state index in [2.05, 4.69) is 15.3 Å². The molecule has 230 valence electrons. The van der Waals surface area contributed by atoms with Crippen molar-refractivity contribution in [1.29, 1.82) is 0 Å². The van der Waals surface area contributed by atoms with E-state index in [1.165, 1.54) is 42.2 Å². The second-order valence-electron chi connectivity index (χ2n) is 11.1. The van der Waals surface area contributed by atoms with Crippen molar-refractivity contribution < 1.29 is 37.4 Å². The molecule has 0 saturated carbocycles. The van der Waals surface area contributed by atoms with Gasteiger partial charge in [0, 0.05) is 48.5 Å². The number of amides is 1. The molecule has 2 aromatic rings. The first kappa shape index (κ1) is 31.0. The highest BCUT2D eigenvalue weighted by atomic mass is 35.5. The second-order valence-corrected chi connectivity index (χ2v) is 12.4. The standard InChI is InChI=1S/C28H29ClF3N5O5S/c1-4-42-24(38)19-17(34-22(23-33-8-9-43-23)35-21(19)14-6-5-7-16(30)20(14)29)11-37-13-28(31,32)15-10-36(12-18(15)37)25(39)27(2,3)26(40)41/h5-9,15,18,21H,4,10-13H2,1-3H3,(H,34,35)(H,40,41). The zero-order chi connectivity index (χ0) is 31.3. The molecule has 0 radical (unpaired) electrons. The predicted molar refractivity (Wildman–Crippen MR) is 151 cm³/mol. The number of aromatic nitrogens is 1. The number of carbonyl (C=O) groups is 3. The molecule has 43 heavy (non-hydrogen) atoms. The van der Waals surface area contributed by atoms with Gasteiger partial charge < -0.3 is 20.1 Å². The van der Waals surface area contributed by atoms with Gasteiger partial charge in [-0.15, -0.1) is 11.3 Å². The first-order valence-electron chi connectivity index (χ1n) is 13.5. The van der Waals surface area contributed by atoms with Crippen LogP contribution in [0.2, 0.25) is 5.02 Å². The summed E-state index contributed by atoms with van der Waals surface area (Å²) in [5.41, 5.74) is -1.45. The Bertz CT molecular complexity index is 1520. The minimum Gasteiger partial charge on any atom is -0.480 e. The van der Waals surface area contributed by atoms with Gasteiger partial charge in [0.25, 0.3) is 5.92 Å². The minimum atomic E-state index is -3.20. The lowest BCUT2D eigenvalue weighted by molar-refractivity contribution is -0.158. The average Bonchev–Trinajstić information content (AvgIpc) is 3.68. The molecule has 1 amide bonds. The number of hydrogen-bond acceptors (Lipinski definition) is 9. The molecule has 0 aliphatic carbocycles. The van der Waals surface area contributed by atoms with Crippen molar-refractivity contribution in [1.82, 2.24) is 20.1 Å². The van der Waals surface area contributed by atoms with Crippen molar-refractivity contribution >= 4 is 46.6 Å². The highest BCUT2D eigenvalue weighted by Gasteiger charge is 2.60. The van der Waals surface area contributed by atoms with Crippen LogP contribution in [0.15, 0.2) is 46.0 Å². The summed E-state index contributed by atoms with van der Waals surface area (Å²) in [5, 5.41) is 14.5. The number of carboxylic acids is 1. The van der Waals surface area contributed by atoms with Gasteiger partial charge in [-0.1, -0.05) is 23.7 Å². The van der Waals surface area contributed by atoms with Gasteiger partial charge in [-0.3, -0.25) is 19.5 Å². The van der Waals surface area contributed by atoms with Crippen molar-refractivity contribution in [2.24, 2.45) is 16.3 Å². The maximum Gasteiger partial charge on any atom is 0.338 e. The number of alkyl halides is 2. The van der Waals surface area contributed by atoms with Crippen LogP contribution in [0.1, 0.15) is 37.4 Å². The third kappa shape index (κ3) is 5.63. The third-order valence-corrected chi connectivity index (χ3v) is 9.14. The zero-order valence-corrected chi connectivity index (χ0v) is 25.0. The molecule has 3 atom stereocenters. The number of carboxylic acid groups (broad SMARTS) is 1. The van der Waals surface area contributed by atoms with Crippen LogP contribution in [-0.4, -0.2) is 88.3 Å². The second kappa shape index (κ2) is 11.5. The molecular formula is C28H29ClF3N5O5S. The molecule has 2 saturated heterocycles. The highest BCUT2D eigenvalue weighted by molar-refractivity contribution is 7.11. The Labute approximate surface area is 254 Å². The first-order valence-corrected chi connectivity index (χ1v) is 14.7.